The quantitative estimate of drug-likeness (QED) is 0.511. The molecule has 0 aliphatic heterocycles. The average Bonchev–Trinajstić information content (AvgIpc) is 3.54. The van der Waals surface area contributed by atoms with Crippen molar-refractivity contribution in [1.29, 1.82) is 0 Å². The Labute approximate surface area is 192 Å². The van der Waals surface area contributed by atoms with Gasteiger partial charge in [0.1, 0.15) is 35.3 Å². The van der Waals surface area contributed by atoms with Crippen LogP contribution in [0.25, 0.3) is 5.69 Å². The molecule has 0 amide bonds. The molecule has 7 nitrogen and oxygen atoms in total. The van der Waals surface area contributed by atoms with Crippen LogP contribution in [0.5, 0.6) is 11.5 Å². The van der Waals surface area contributed by atoms with E-state index in [0.29, 0.717) is 28.8 Å². The van der Waals surface area contributed by atoms with Gasteiger partial charge in [-0.15, -0.1) is 5.10 Å². The van der Waals surface area contributed by atoms with E-state index in [0.717, 1.165) is 18.4 Å². The average molecular weight is 460 g/mol. The molecule has 1 heterocycles. The van der Waals surface area contributed by atoms with Crippen LogP contribution in [0.2, 0.25) is 0 Å². The number of benzene rings is 2. The Bertz CT molecular complexity index is 1100. The van der Waals surface area contributed by atoms with Crippen molar-refractivity contribution >= 4 is 19.5 Å². The van der Waals surface area contributed by atoms with Crippen molar-refractivity contribution in [2.45, 2.75) is 38.7 Å². The first-order valence-electron chi connectivity index (χ1n) is 10.2. The minimum absolute atomic E-state index is 0. The van der Waals surface area contributed by atoms with Gasteiger partial charge in [-0.2, -0.15) is 13.5 Å². The van der Waals surface area contributed by atoms with Crippen LogP contribution in [0, 0.1) is 18.7 Å². The van der Waals surface area contributed by atoms with Gasteiger partial charge in [-0.25, -0.2) is 9.07 Å². The largest absolute Gasteiger partial charge is 0.497 e. The van der Waals surface area contributed by atoms with Crippen molar-refractivity contribution in [2.24, 2.45) is 5.92 Å². The summed E-state index contributed by atoms with van der Waals surface area (Å²) in [6.45, 7) is 1.96. The fourth-order valence-electron chi connectivity index (χ4n) is 3.73. The predicted molar refractivity (Wildman–Crippen MR) is 121 cm³/mol. The summed E-state index contributed by atoms with van der Waals surface area (Å²) >= 11 is 0. The molecule has 0 spiro atoms. The summed E-state index contributed by atoms with van der Waals surface area (Å²) in [7, 11) is 1.52. The second-order valence-electron chi connectivity index (χ2n) is 7.75. The lowest BCUT2D eigenvalue weighted by Crippen LogP contribution is -2.08. The number of hydrogen-bond acceptors (Lipinski definition) is 5. The maximum Gasteiger partial charge on any atom is 0.303 e. The highest BCUT2D eigenvalue weighted by molar-refractivity contribution is 7.59. The smallest absolute Gasteiger partial charge is 0.303 e. The highest BCUT2D eigenvalue weighted by atomic mass is 32.1. The Morgan fingerprint density at radius 3 is 2.72 bits per heavy atom. The van der Waals surface area contributed by atoms with Crippen molar-refractivity contribution in [2.75, 3.05) is 7.11 Å². The molecule has 32 heavy (non-hydrogen) atoms. The molecular formula is C23H26FN3O4S. The van der Waals surface area contributed by atoms with Crippen molar-refractivity contribution in [1.82, 2.24) is 15.0 Å². The summed E-state index contributed by atoms with van der Waals surface area (Å²) in [5, 5.41) is 17.5. The molecule has 1 N–H and O–H groups in total. The van der Waals surface area contributed by atoms with E-state index in [1.54, 1.807) is 19.1 Å². The van der Waals surface area contributed by atoms with Gasteiger partial charge >= 0.3 is 5.97 Å². The molecular weight excluding hydrogens is 433 g/mol. The van der Waals surface area contributed by atoms with Crippen molar-refractivity contribution < 1.29 is 23.8 Å². The fourth-order valence-corrected chi connectivity index (χ4v) is 3.73. The number of ether oxygens (including phenoxy) is 2. The first-order chi connectivity index (χ1) is 15.0. The van der Waals surface area contributed by atoms with E-state index >= 15 is 0 Å². The molecule has 1 aliphatic rings. The minimum Gasteiger partial charge on any atom is -0.497 e. The first kappa shape index (κ1) is 23.6. The third-order valence-electron chi connectivity index (χ3n) is 5.62. The van der Waals surface area contributed by atoms with E-state index < -0.39 is 11.8 Å². The summed E-state index contributed by atoms with van der Waals surface area (Å²) in [5.41, 5.74) is 2.46. The molecule has 0 unspecified atom stereocenters. The van der Waals surface area contributed by atoms with Crippen LogP contribution in [-0.4, -0.2) is 33.2 Å². The van der Waals surface area contributed by atoms with Crippen molar-refractivity contribution in [3.63, 3.8) is 0 Å². The number of carboxylic acid groups (broad SMARTS) is 1. The number of hydrogen-bond donors (Lipinski definition) is 1. The molecule has 170 valence electrons. The van der Waals surface area contributed by atoms with E-state index in [-0.39, 0.29) is 38.1 Å². The number of rotatable bonds is 9. The van der Waals surface area contributed by atoms with Crippen molar-refractivity contribution in [3.05, 3.63) is 65.2 Å². The maximum absolute atomic E-state index is 14.3. The zero-order chi connectivity index (χ0) is 22.0. The van der Waals surface area contributed by atoms with E-state index in [1.807, 2.05) is 24.3 Å². The topological polar surface area (TPSA) is 86.5 Å². The van der Waals surface area contributed by atoms with Gasteiger partial charge in [0, 0.05) is 6.07 Å². The van der Waals surface area contributed by atoms with E-state index in [2.05, 4.69) is 10.3 Å². The lowest BCUT2D eigenvalue weighted by Gasteiger charge is -2.15. The summed E-state index contributed by atoms with van der Waals surface area (Å²) in [4.78, 5) is 11.2. The zero-order valence-corrected chi connectivity index (χ0v) is 18.9. The van der Waals surface area contributed by atoms with Gasteiger partial charge in [-0.05, 0) is 61.4 Å². The minimum atomic E-state index is -0.791. The Hall–Kier alpha value is -3.07. The molecule has 3 aromatic rings. The molecule has 1 atom stereocenters. The number of methoxy groups -OCH3 is 1. The van der Waals surface area contributed by atoms with Crippen LogP contribution in [0.3, 0.4) is 0 Å². The third kappa shape index (κ3) is 5.21. The molecule has 1 fully saturated rings. The highest BCUT2D eigenvalue weighted by Crippen LogP contribution is 2.45. The monoisotopic (exact) mass is 459 g/mol. The van der Waals surface area contributed by atoms with Gasteiger partial charge < -0.3 is 14.6 Å². The van der Waals surface area contributed by atoms with Gasteiger partial charge in [-0.1, -0.05) is 17.3 Å². The number of halogens is 1. The summed E-state index contributed by atoms with van der Waals surface area (Å²) < 4.78 is 26.8. The first-order valence-corrected chi connectivity index (χ1v) is 10.2. The Balaban J connectivity index is 0.00000289. The van der Waals surface area contributed by atoms with Crippen molar-refractivity contribution in [3.8, 4) is 17.2 Å². The van der Waals surface area contributed by atoms with Crippen LogP contribution in [0.1, 0.15) is 42.1 Å². The molecule has 1 aromatic heterocycles. The SMILES string of the molecule is COc1ccc(F)c(-n2nnc(COc3cccc([C@@H](CC(=O)O)C4CC4)c3)c2C)c1.S. The van der Waals surface area contributed by atoms with Crippen LogP contribution in [0.15, 0.2) is 42.5 Å². The molecule has 0 bridgehead atoms. The molecule has 1 aliphatic carbocycles. The second-order valence-corrected chi connectivity index (χ2v) is 7.75. The zero-order valence-electron chi connectivity index (χ0n) is 17.9. The molecule has 1 saturated carbocycles. The molecule has 4 rings (SSSR count). The van der Waals surface area contributed by atoms with Gasteiger partial charge in [-0.3, -0.25) is 4.79 Å². The lowest BCUT2D eigenvalue weighted by molar-refractivity contribution is -0.137. The van der Waals surface area contributed by atoms with E-state index in [1.165, 1.54) is 17.9 Å². The Morgan fingerprint density at radius 1 is 1.25 bits per heavy atom. The van der Waals surface area contributed by atoms with Crippen LogP contribution >= 0.6 is 13.5 Å². The molecule has 2 aromatic carbocycles. The standard InChI is InChI=1S/C23H24FN3O4.H2S/c1-14-21(25-26-27(14)22-11-17(30-2)8-9-20(22)24)13-31-18-5-3-4-16(10-18)19(12-23(28)29)15-6-7-15;/h3-5,8-11,15,19H,6-7,12-13H2,1-2H3,(H,28,29);1H2/t19-;/m0./s1. The van der Waals surface area contributed by atoms with Gasteiger partial charge in [0.15, 0.2) is 0 Å². The predicted octanol–water partition coefficient (Wildman–Crippen LogP) is 4.38. The highest BCUT2D eigenvalue weighted by Gasteiger charge is 2.33. The second kappa shape index (κ2) is 10.0. The molecule has 9 heteroatoms. The van der Waals surface area contributed by atoms with E-state index in [9.17, 15) is 14.3 Å². The number of aliphatic carboxylic acids is 1. The number of nitrogens with zero attached hydrogens (tertiary/aromatic N) is 3. The maximum atomic E-state index is 14.3. The molecule has 0 saturated heterocycles. The number of aromatic nitrogens is 3. The van der Waals surface area contributed by atoms with E-state index in [4.69, 9.17) is 9.47 Å². The molecule has 0 radical (unpaired) electrons. The van der Waals surface area contributed by atoms with Crippen LogP contribution < -0.4 is 9.47 Å². The third-order valence-corrected chi connectivity index (χ3v) is 5.62. The van der Waals surface area contributed by atoms with Crippen LogP contribution in [-0.2, 0) is 11.4 Å². The summed E-state index contributed by atoms with van der Waals surface area (Å²) in [5.74, 6) is 0.354. The Kier molecular flexibility index (Phi) is 7.40. The number of carboxylic acids is 1. The summed E-state index contributed by atoms with van der Waals surface area (Å²) in [6, 6.07) is 12.0. The normalized spacial score (nSPS) is 13.8. The van der Waals surface area contributed by atoms with Gasteiger partial charge in [0.05, 0.1) is 19.2 Å². The van der Waals surface area contributed by atoms with Gasteiger partial charge in [0.25, 0.3) is 0 Å². The Morgan fingerprint density at radius 2 is 2.03 bits per heavy atom. The number of carbonyl (C=O) groups is 1. The fraction of sp³-hybridized carbons (Fsp3) is 0.348. The van der Waals surface area contributed by atoms with Gasteiger partial charge in [0.2, 0.25) is 0 Å². The van der Waals surface area contributed by atoms with Crippen LogP contribution in [0.4, 0.5) is 4.39 Å². The summed E-state index contributed by atoms with van der Waals surface area (Å²) in [6.07, 6.45) is 2.24. The lowest BCUT2D eigenvalue weighted by atomic mass is 9.91.